The van der Waals surface area contributed by atoms with Crippen molar-refractivity contribution in [1.29, 1.82) is 0 Å². The Hall–Kier alpha value is -1.14. The van der Waals surface area contributed by atoms with Gasteiger partial charge in [-0.25, -0.2) is 17.6 Å². The second kappa shape index (κ2) is 6.34. The van der Waals surface area contributed by atoms with Crippen LogP contribution in [0.15, 0.2) is 23.1 Å². The van der Waals surface area contributed by atoms with Gasteiger partial charge in [-0.05, 0) is 31.5 Å². The van der Waals surface area contributed by atoms with Gasteiger partial charge in [0, 0.05) is 10.7 Å². The van der Waals surface area contributed by atoms with Crippen LogP contribution in [0.2, 0.25) is 0 Å². The van der Waals surface area contributed by atoms with Gasteiger partial charge in [-0.1, -0.05) is 13.3 Å². The zero-order valence-electron chi connectivity index (χ0n) is 10.5. The Labute approximate surface area is 115 Å². The topological polar surface area (TPSA) is 60.4 Å². The van der Waals surface area contributed by atoms with Crippen LogP contribution in [0.5, 0.6) is 0 Å². The minimum Gasteiger partial charge on any atom is -0.459 e. The Morgan fingerprint density at radius 2 is 2.11 bits per heavy atom. The molecule has 106 valence electrons. The lowest BCUT2D eigenvalue weighted by molar-refractivity contribution is 0.0323. The fourth-order valence-corrected chi connectivity index (χ4v) is 2.46. The van der Waals surface area contributed by atoms with Crippen LogP contribution < -0.4 is 0 Å². The number of hydrogen-bond donors (Lipinski definition) is 0. The van der Waals surface area contributed by atoms with Gasteiger partial charge in [0.1, 0.15) is 10.7 Å². The van der Waals surface area contributed by atoms with E-state index in [1.807, 2.05) is 6.92 Å². The van der Waals surface area contributed by atoms with Crippen LogP contribution in [0, 0.1) is 5.82 Å². The quantitative estimate of drug-likeness (QED) is 0.619. The van der Waals surface area contributed by atoms with Gasteiger partial charge < -0.3 is 4.74 Å². The molecular weight excluding hydrogens is 295 g/mol. The first-order valence-electron chi connectivity index (χ1n) is 5.71. The van der Waals surface area contributed by atoms with Crippen molar-refractivity contribution in [3.63, 3.8) is 0 Å². The zero-order chi connectivity index (χ0) is 14.6. The Kier molecular flexibility index (Phi) is 5.31. The summed E-state index contributed by atoms with van der Waals surface area (Å²) >= 11 is 0. The lowest BCUT2D eigenvalue weighted by atomic mass is 10.2. The van der Waals surface area contributed by atoms with Crippen LogP contribution in [-0.4, -0.2) is 20.5 Å². The molecule has 7 heteroatoms. The number of ether oxygens (including phenoxy) is 1. The minimum atomic E-state index is -4.24. The number of halogens is 2. The zero-order valence-corrected chi connectivity index (χ0v) is 12.1. The first-order valence-corrected chi connectivity index (χ1v) is 8.01. The Balaban J connectivity index is 3.00. The number of hydrogen-bond acceptors (Lipinski definition) is 4. The Bertz CT molecular complexity index is 571. The summed E-state index contributed by atoms with van der Waals surface area (Å²) in [5, 5.41) is 0. The molecule has 0 saturated carbocycles. The molecule has 1 aromatic rings. The van der Waals surface area contributed by atoms with E-state index in [2.05, 4.69) is 0 Å². The minimum absolute atomic E-state index is 0.0522. The Morgan fingerprint density at radius 1 is 1.47 bits per heavy atom. The molecule has 0 amide bonds. The van der Waals surface area contributed by atoms with Gasteiger partial charge in [0.05, 0.1) is 11.7 Å². The average Bonchev–Trinajstić information content (AvgIpc) is 2.27. The average molecular weight is 309 g/mol. The smallest absolute Gasteiger partial charge is 0.338 e. The summed E-state index contributed by atoms with van der Waals surface area (Å²) in [5.41, 5.74) is -0.0522. The fourth-order valence-electron chi connectivity index (χ4n) is 1.53. The highest BCUT2D eigenvalue weighted by Gasteiger charge is 2.20. The molecule has 0 aromatic heterocycles. The van der Waals surface area contributed by atoms with Crippen LogP contribution >= 0.6 is 10.7 Å². The molecule has 19 heavy (non-hydrogen) atoms. The molecule has 0 spiro atoms. The number of carbonyl (C=O) groups excluding carboxylic acids is 1. The molecule has 0 saturated heterocycles. The van der Waals surface area contributed by atoms with E-state index >= 15 is 0 Å². The molecule has 1 rings (SSSR count). The van der Waals surface area contributed by atoms with E-state index in [0.717, 1.165) is 24.6 Å². The molecule has 0 aliphatic carbocycles. The fraction of sp³-hybridized carbons (Fsp3) is 0.417. The third kappa shape index (κ3) is 4.47. The molecule has 0 N–H and O–H groups in total. The van der Waals surface area contributed by atoms with E-state index in [0.29, 0.717) is 6.42 Å². The van der Waals surface area contributed by atoms with E-state index in [1.54, 1.807) is 6.92 Å². The van der Waals surface area contributed by atoms with Crippen LogP contribution in [0.4, 0.5) is 4.39 Å². The van der Waals surface area contributed by atoms with Crippen molar-refractivity contribution in [3.05, 3.63) is 29.6 Å². The molecule has 1 atom stereocenters. The van der Waals surface area contributed by atoms with E-state index in [4.69, 9.17) is 15.4 Å². The van der Waals surface area contributed by atoms with Crippen LogP contribution in [0.25, 0.3) is 0 Å². The van der Waals surface area contributed by atoms with Crippen LogP contribution in [0.1, 0.15) is 37.0 Å². The molecule has 4 nitrogen and oxygen atoms in total. The van der Waals surface area contributed by atoms with Gasteiger partial charge in [0.2, 0.25) is 0 Å². The van der Waals surface area contributed by atoms with Crippen molar-refractivity contribution in [3.8, 4) is 0 Å². The number of carbonyl (C=O) groups is 1. The molecule has 0 heterocycles. The highest BCUT2D eigenvalue weighted by molar-refractivity contribution is 8.13. The lowest BCUT2D eigenvalue weighted by Gasteiger charge is -2.12. The summed E-state index contributed by atoms with van der Waals surface area (Å²) < 4.78 is 40.6. The molecule has 0 aliphatic rings. The standard InChI is InChI=1S/C12H14ClFO4S/c1-3-4-8(2)18-12(15)9-5-6-10(14)11(7-9)19(13,16)17/h5-8H,3-4H2,1-2H3. The predicted octanol–water partition coefficient (Wildman–Crippen LogP) is 3.10. The van der Waals surface area contributed by atoms with E-state index < -0.39 is 25.7 Å². The van der Waals surface area contributed by atoms with Gasteiger partial charge in [0.25, 0.3) is 9.05 Å². The number of esters is 1. The van der Waals surface area contributed by atoms with Crippen molar-refractivity contribution in [2.75, 3.05) is 0 Å². The van der Waals surface area contributed by atoms with E-state index in [9.17, 15) is 17.6 Å². The number of rotatable bonds is 5. The van der Waals surface area contributed by atoms with Gasteiger partial charge in [0.15, 0.2) is 0 Å². The van der Waals surface area contributed by atoms with Gasteiger partial charge >= 0.3 is 5.97 Å². The maximum atomic E-state index is 13.3. The second-order valence-electron chi connectivity index (χ2n) is 4.09. The monoisotopic (exact) mass is 308 g/mol. The molecule has 1 aromatic carbocycles. The first kappa shape index (κ1) is 15.9. The highest BCUT2D eigenvalue weighted by Crippen LogP contribution is 2.21. The Morgan fingerprint density at radius 3 is 2.63 bits per heavy atom. The summed E-state index contributed by atoms with van der Waals surface area (Å²) in [6.07, 6.45) is 1.24. The molecule has 0 aliphatic heterocycles. The maximum Gasteiger partial charge on any atom is 0.338 e. The maximum absolute atomic E-state index is 13.3. The third-order valence-electron chi connectivity index (χ3n) is 2.43. The second-order valence-corrected chi connectivity index (χ2v) is 6.62. The molecule has 0 bridgehead atoms. The van der Waals surface area contributed by atoms with Crippen molar-refractivity contribution in [2.45, 2.75) is 37.7 Å². The van der Waals surface area contributed by atoms with E-state index in [1.165, 1.54) is 0 Å². The van der Waals surface area contributed by atoms with Gasteiger partial charge in [-0.15, -0.1) is 0 Å². The molecule has 0 fully saturated rings. The molecule has 0 radical (unpaired) electrons. The van der Waals surface area contributed by atoms with Gasteiger partial charge in [-0.2, -0.15) is 0 Å². The summed E-state index contributed by atoms with van der Waals surface area (Å²) in [6, 6.07) is 2.90. The van der Waals surface area contributed by atoms with E-state index in [-0.39, 0.29) is 11.7 Å². The molecular formula is C12H14ClFO4S. The molecule has 1 unspecified atom stereocenters. The third-order valence-corrected chi connectivity index (χ3v) is 3.77. The van der Waals surface area contributed by atoms with Gasteiger partial charge in [-0.3, -0.25) is 0 Å². The summed E-state index contributed by atoms with van der Waals surface area (Å²) in [6.45, 7) is 3.67. The SMILES string of the molecule is CCCC(C)OC(=O)c1ccc(F)c(S(=O)(=O)Cl)c1. The largest absolute Gasteiger partial charge is 0.459 e. The first-order chi connectivity index (χ1) is 8.75. The van der Waals surface area contributed by atoms with Crippen molar-refractivity contribution < 1.29 is 22.3 Å². The predicted molar refractivity (Wildman–Crippen MR) is 69.2 cm³/mol. The van der Waals surface area contributed by atoms with Crippen LogP contribution in [-0.2, 0) is 13.8 Å². The lowest BCUT2D eigenvalue weighted by Crippen LogP contribution is -2.15. The van der Waals surface area contributed by atoms with Crippen LogP contribution in [0.3, 0.4) is 0 Å². The van der Waals surface area contributed by atoms with Crippen molar-refractivity contribution in [2.24, 2.45) is 0 Å². The summed E-state index contributed by atoms with van der Waals surface area (Å²) in [5.74, 6) is -1.71. The summed E-state index contributed by atoms with van der Waals surface area (Å²) in [7, 11) is 0.837. The van der Waals surface area contributed by atoms with Crippen molar-refractivity contribution in [1.82, 2.24) is 0 Å². The number of benzene rings is 1. The highest BCUT2D eigenvalue weighted by atomic mass is 35.7. The van der Waals surface area contributed by atoms with Crippen molar-refractivity contribution >= 4 is 25.7 Å². The normalized spacial score (nSPS) is 13.1. The summed E-state index contributed by atoms with van der Waals surface area (Å²) in [4.78, 5) is 11.0.